The SMILES string of the molecule is O=C(O)C1CC2CCCCC2N1Cc1nc(-c2ccco2)no1. The van der Waals surface area contributed by atoms with E-state index in [0.29, 0.717) is 36.0 Å². The summed E-state index contributed by atoms with van der Waals surface area (Å²) in [6.07, 6.45) is 6.80. The van der Waals surface area contributed by atoms with Crippen LogP contribution in [0.1, 0.15) is 38.0 Å². The molecule has 0 amide bonds. The number of carboxylic acid groups (broad SMARTS) is 1. The maximum Gasteiger partial charge on any atom is 0.320 e. The molecule has 23 heavy (non-hydrogen) atoms. The van der Waals surface area contributed by atoms with E-state index in [4.69, 9.17) is 8.94 Å². The number of carbonyl (C=O) groups is 1. The highest BCUT2D eigenvalue weighted by atomic mass is 16.5. The van der Waals surface area contributed by atoms with Crippen LogP contribution in [-0.4, -0.2) is 38.2 Å². The number of carboxylic acids is 1. The minimum atomic E-state index is -0.759. The van der Waals surface area contributed by atoms with Crippen LogP contribution < -0.4 is 0 Å². The molecule has 0 radical (unpaired) electrons. The third-order valence-electron chi connectivity index (χ3n) is 5.03. The molecular weight excluding hydrogens is 298 g/mol. The Hall–Kier alpha value is -2.15. The topological polar surface area (TPSA) is 92.6 Å². The quantitative estimate of drug-likeness (QED) is 0.926. The van der Waals surface area contributed by atoms with Crippen molar-refractivity contribution in [1.82, 2.24) is 15.0 Å². The molecule has 1 aliphatic heterocycles. The Morgan fingerprint density at radius 2 is 2.26 bits per heavy atom. The van der Waals surface area contributed by atoms with E-state index in [1.807, 2.05) is 4.90 Å². The first-order valence-electron chi connectivity index (χ1n) is 8.07. The lowest BCUT2D eigenvalue weighted by Crippen LogP contribution is -2.41. The number of aliphatic carboxylic acids is 1. The van der Waals surface area contributed by atoms with Gasteiger partial charge in [0.2, 0.25) is 11.7 Å². The summed E-state index contributed by atoms with van der Waals surface area (Å²) >= 11 is 0. The van der Waals surface area contributed by atoms with Crippen LogP contribution >= 0.6 is 0 Å². The fraction of sp³-hybridized carbons (Fsp3) is 0.562. The second-order valence-corrected chi connectivity index (χ2v) is 6.36. The van der Waals surface area contributed by atoms with Gasteiger partial charge < -0.3 is 14.0 Å². The van der Waals surface area contributed by atoms with E-state index in [0.717, 1.165) is 25.7 Å². The molecule has 7 nitrogen and oxygen atoms in total. The number of rotatable bonds is 4. The Balaban J connectivity index is 1.55. The molecule has 1 saturated carbocycles. The molecule has 0 aromatic carbocycles. The number of hydrogen-bond donors (Lipinski definition) is 1. The highest BCUT2D eigenvalue weighted by Crippen LogP contribution is 2.40. The van der Waals surface area contributed by atoms with Crippen molar-refractivity contribution >= 4 is 5.97 Å². The van der Waals surface area contributed by atoms with E-state index in [2.05, 4.69) is 10.1 Å². The summed E-state index contributed by atoms with van der Waals surface area (Å²) in [6, 6.07) is 3.38. The molecule has 2 aromatic rings. The van der Waals surface area contributed by atoms with Crippen LogP contribution in [0.4, 0.5) is 0 Å². The summed E-state index contributed by atoms with van der Waals surface area (Å²) in [4.78, 5) is 18.0. The van der Waals surface area contributed by atoms with E-state index in [1.165, 1.54) is 6.42 Å². The van der Waals surface area contributed by atoms with Crippen molar-refractivity contribution in [2.24, 2.45) is 5.92 Å². The van der Waals surface area contributed by atoms with E-state index in [1.54, 1.807) is 18.4 Å². The van der Waals surface area contributed by atoms with Crippen molar-refractivity contribution in [2.45, 2.75) is 50.7 Å². The minimum absolute atomic E-state index is 0.309. The molecule has 1 aliphatic carbocycles. The van der Waals surface area contributed by atoms with Gasteiger partial charge in [-0.05, 0) is 37.3 Å². The van der Waals surface area contributed by atoms with Crippen LogP contribution in [0.2, 0.25) is 0 Å². The van der Waals surface area contributed by atoms with Crippen LogP contribution in [0.15, 0.2) is 27.3 Å². The zero-order valence-corrected chi connectivity index (χ0v) is 12.7. The molecule has 3 atom stereocenters. The van der Waals surface area contributed by atoms with Gasteiger partial charge in [-0.3, -0.25) is 9.69 Å². The second kappa shape index (κ2) is 5.81. The van der Waals surface area contributed by atoms with E-state index < -0.39 is 12.0 Å². The molecule has 2 aliphatic rings. The van der Waals surface area contributed by atoms with E-state index >= 15 is 0 Å². The first-order chi connectivity index (χ1) is 11.2. The molecule has 122 valence electrons. The van der Waals surface area contributed by atoms with E-state index in [9.17, 15) is 9.90 Å². The molecule has 2 fully saturated rings. The molecule has 1 N–H and O–H groups in total. The van der Waals surface area contributed by atoms with Gasteiger partial charge in [0.25, 0.3) is 0 Å². The maximum atomic E-state index is 11.6. The van der Waals surface area contributed by atoms with Crippen molar-refractivity contribution in [3.05, 3.63) is 24.3 Å². The van der Waals surface area contributed by atoms with Crippen molar-refractivity contribution in [2.75, 3.05) is 0 Å². The Morgan fingerprint density at radius 3 is 3.04 bits per heavy atom. The van der Waals surface area contributed by atoms with Gasteiger partial charge in [-0.25, -0.2) is 0 Å². The lowest BCUT2D eigenvalue weighted by atomic mass is 9.85. The lowest BCUT2D eigenvalue weighted by molar-refractivity contribution is -0.143. The predicted molar refractivity (Wildman–Crippen MR) is 79.3 cm³/mol. The highest BCUT2D eigenvalue weighted by Gasteiger charge is 2.45. The molecule has 7 heteroatoms. The highest BCUT2D eigenvalue weighted by molar-refractivity contribution is 5.74. The zero-order chi connectivity index (χ0) is 15.8. The van der Waals surface area contributed by atoms with Gasteiger partial charge >= 0.3 is 5.97 Å². The summed E-state index contributed by atoms with van der Waals surface area (Å²) in [7, 11) is 0. The molecule has 3 heterocycles. The number of furan rings is 1. The van der Waals surface area contributed by atoms with E-state index in [-0.39, 0.29) is 0 Å². The lowest BCUT2D eigenvalue weighted by Gasteiger charge is -2.31. The number of nitrogens with zero attached hydrogens (tertiary/aromatic N) is 3. The van der Waals surface area contributed by atoms with Crippen molar-refractivity contribution in [3.63, 3.8) is 0 Å². The minimum Gasteiger partial charge on any atom is -0.480 e. The maximum absolute atomic E-state index is 11.6. The number of fused-ring (bicyclic) bond motifs is 1. The summed E-state index contributed by atoms with van der Waals surface area (Å²) in [5.41, 5.74) is 0. The standard InChI is InChI=1S/C16H19N3O4/c20-16(21)12-8-10-4-1-2-5-11(10)19(12)9-14-17-15(18-23-14)13-6-3-7-22-13/h3,6-7,10-12H,1-2,4-5,8-9H2,(H,20,21). The Bertz CT molecular complexity index is 681. The van der Waals surface area contributed by atoms with Crippen LogP contribution in [0.25, 0.3) is 11.6 Å². The average Bonchev–Trinajstić information content (AvgIpc) is 3.26. The van der Waals surface area contributed by atoms with Crippen molar-refractivity contribution in [3.8, 4) is 11.6 Å². The second-order valence-electron chi connectivity index (χ2n) is 6.36. The molecule has 0 bridgehead atoms. The van der Waals surface area contributed by atoms with Crippen molar-refractivity contribution in [1.29, 1.82) is 0 Å². The molecule has 2 aromatic heterocycles. The number of hydrogen-bond acceptors (Lipinski definition) is 6. The Labute approximate surface area is 133 Å². The van der Waals surface area contributed by atoms with Gasteiger partial charge in [0, 0.05) is 6.04 Å². The molecule has 1 saturated heterocycles. The van der Waals surface area contributed by atoms with Crippen molar-refractivity contribution < 1.29 is 18.8 Å². The van der Waals surface area contributed by atoms with Crippen LogP contribution in [0.3, 0.4) is 0 Å². The zero-order valence-electron chi connectivity index (χ0n) is 12.7. The summed E-state index contributed by atoms with van der Waals surface area (Å²) < 4.78 is 10.6. The summed E-state index contributed by atoms with van der Waals surface area (Å²) in [5, 5.41) is 13.5. The molecule has 0 spiro atoms. The normalized spacial score (nSPS) is 27.9. The van der Waals surface area contributed by atoms with Gasteiger partial charge in [-0.2, -0.15) is 4.98 Å². The fourth-order valence-electron chi connectivity index (χ4n) is 4.00. The van der Waals surface area contributed by atoms with Crippen LogP contribution in [-0.2, 0) is 11.3 Å². The third-order valence-corrected chi connectivity index (χ3v) is 5.03. The molecule has 3 unspecified atom stereocenters. The Morgan fingerprint density at radius 1 is 1.39 bits per heavy atom. The summed E-state index contributed by atoms with van der Waals surface area (Å²) in [5.74, 6) is 1.10. The number of likely N-dealkylation sites (tertiary alicyclic amines) is 1. The predicted octanol–water partition coefficient (Wildman–Crippen LogP) is 2.55. The third kappa shape index (κ3) is 2.65. The Kier molecular flexibility index (Phi) is 3.65. The smallest absolute Gasteiger partial charge is 0.320 e. The fourth-order valence-corrected chi connectivity index (χ4v) is 4.00. The summed E-state index contributed by atoms with van der Waals surface area (Å²) in [6.45, 7) is 0.381. The molecule has 4 rings (SSSR count). The van der Waals surface area contributed by atoms with Crippen LogP contribution in [0, 0.1) is 5.92 Å². The average molecular weight is 317 g/mol. The van der Waals surface area contributed by atoms with Gasteiger partial charge in [0.15, 0.2) is 5.76 Å². The van der Waals surface area contributed by atoms with Gasteiger partial charge in [-0.15, -0.1) is 0 Å². The number of aromatic nitrogens is 2. The van der Waals surface area contributed by atoms with Gasteiger partial charge in [-0.1, -0.05) is 18.0 Å². The molecular formula is C16H19N3O4. The van der Waals surface area contributed by atoms with Gasteiger partial charge in [0.1, 0.15) is 6.04 Å². The first kappa shape index (κ1) is 14.4. The largest absolute Gasteiger partial charge is 0.480 e. The van der Waals surface area contributed by atoms with Gasteiger partial charge in [0.05, 0.1) is 12.8 Å². The monoisotopic (exact) mass is 317 g/mol. The first-order valence-corrected chi connectivity index (χ1v) is 8.07. The van der Waals surface area contributed by atoms with Crippen LogP contribution in [0.5, 0.6) is 0 Å².